The highest BCUT2D eigenvalue weighted by molar-refractivity contribution is 7.98. The van der Waals surface area contributed by atoms with Gasteiger partial charge in [-0.25, -0.2) is 0 Å². The Bertz CT molecular complexity index is 431. The topological polar surface area (TPSA) is 24.5 Å². The smallest absolute Gasteiger partial charge is 0.132 e. The van der Waals surface area contributed by atoms with Crippen LogP contribution in [0.3, 0.4) is 0 Å². The lowest BCUT2D eigenvalue weighted by Gasteiger charge is -2.32. The number of hydrogen-bond donors (Lipinski definition) is 1. The van der Waals surface area contributed by atoms with Crippen LogP contribution in [0.1, 0.15) is 24.8 Å². The van der Waals surface area contributed by atoms with Crippen molar-refractivity contribution in [3.05, 3.63) is 23.8 Å². The Morgan fingerprint density at radius 2 is 2.10 bits per heavy atom. The highest BCUT2D eigenvalue weighted by Crippen LogP contribution is 2.29. The molecule has 4 heteroatoms. The van der Waals surface area contributed by atoms with Crippen LogP contribution in [0, 0.1) is 5.92 Å². The average molecular weight is 308 g/mol. The summed E-state index contributed by atoms with van der Waals surface area (Å²) in [4.78, 5) is 3.79. The van der Waals surface area contributed by atoms with E-state index >= 15 is 0 Å². The number of benzene rings is 1. The predicted octanol–water partition coefficient (Wildman–Crippen LogP) is 3.24. The van der Waals surface area contributed by atoms with Crippen LogP contribution in [-0.4, -0.2) is 44.9 Å². The molecule has 0 spiro atoms. The summed E-state index contributed by atoms with van der Waals surface area (Å²) in [5, 5.41) is 3.26. The summed E-state index contributed by atoms with van der Waals surface area (Å²) >= 11 is 1.74. The van der Waals surface area contributed by atoms with E-state index in [4.69, 9.17) is 4.74 Å². The van der Waals surface area contributed by atoms with Gasteiger partial charge in [0.2, 0.25) is 0 Å². The summed E-state index contributed by atoms with van der Waals surface area (Å²) in [6, 6.07) is 6.61. The third kappa shape index (κ3) is 4.90. The molecule has 0 saturated carbocycles. The first kappa shape index (κ1) is 16.7. The molecule has 1 N–H and O–H groups in total. The third-order valence-corrected chi connectivity index (χ3v) is 5.14. The number of hydrogen-bond acceptors (Lipinski definition) is 4. The van der Waals surface area contributed by atoms with Crippen molar-refractivity contribution in [1.82, 2.24) is 10.2 Å². The highest BCUT2D eigenvalue weighted by atomic mass is 32.2. The lowest BCUT2D eigenvalue weighted by atomic mass is 9.93. The van der Waals surface area contributed by atoms with E-state index in [1.165, 1.54) is 42.8 Å². The van der Waals surface area contributed by atoms with Crippen LogP contribution in [0.5, 0.6) is 5.75 Å². The number of ether oxygens (including phenoxy) is 1. The van der Waals surface area contributed by atoms with E-state index in [0.29, 0.717) is 0 Å². The Labute approximate surface area is 133 Å². The van der Waals surface area contributed by atoms with Crippen molar-refractivity contribution in [2.75, 3.05) is 40.0 Å². The van der Waals surface area contributed by atoms with E-state index in [2.05, 4.69) is 34.7 Å². The predicted molar refractivity (Wildman–Crippen MR) is 91.3 cm³/mol. The molecule has 0 bridgehead atoms. The van der Waals surface area contributed by atoms with Gasteiger partial charge in [0.1, 0.15) is 5.75 Å². The van der Waals surface area contributed by atoms with Crippen LogP contribution >= 0.6 is 11.8 Å². The van der Waals surface area contributed by atoms with Crippen molar-refractivity contribution < 1.29 is 4.74 Å². The summed E-state index contributed by atoms with van der Waals surface area (Å²) in [6.07, 6.45) is 6.08. The molecule has 1 saturated heterocycles. The SMILES string of the molecule is CNCCC1CCN(Cc2ccc(SC)c(OC)c2)CC1. The van der Waals surface area contributed by atoms with Gasteiger partial charge in [-0.15, -0.1) is 11.8 Å². The molecule has 2 rings (SSSR count). The number of rotatable bonds is 7. The van der Waals surface area contributed by atoms with Gasteiger partial charge in [0.25, 0.3) is 0 Å². The number of likely N-dealkylation sites (tertiary alicyclic amines) is 1. The standard InChI is InChI=1S/C17H28N2OS/c1-18-9-6-14-7-10-19(11-8-14)13-15-4-5-17(21-3)16(12-15)20-2/h4-5,12,14,18H,6-11,13H2,1-3H3. The summed E-state index contributed by atoms with van der Waals surface area (Å²) < 4.78 is 5.48. The van der Waals surface area contributed by atoms with Crippen LogP contribution < -0.4 is 10.1 Å². The van der Waals surface area contributed by atoms with Gasteiger partial charge in [-0.2, -0.15) is 0 Å². The van der Waals surface area contributed by atoms with Crippen molar-refractivity contribution in [3.8, 4) is 5.75 Å². The maximum Gasteiger partial charge on any atom is 0.132 e. The van der Waals surface area contributed by atoms with E-state index in [1.807, 2.05) is 7.05 Å². The Morgan fingerprint density at radius 3 is 2.71 bits per heavy atom. The second-order valence-electron chi connectivity index (χ2n) is 5.80. The van der Waals surface area contributed by atoms with Gasteiger partial charge >= 0.3 is 0 Å². The number of nitrogens with one attached hydrogen (secondary N) is 1. The van der Waals surface area contributed by atoms with E-state index in [9.17, 15) is 0 Å². The van der Waals surface area contributed by atoms with Crippen molar-refractivity contribution >= 4 is 11.8 Å². The third-order valence-electron chi connectivity index (χ3n) is 4.36. The lowest BCUT2D eigenvalue weighted by molar-refractivity contribution is 0.172. The molecule has 0 aliphatic carbocycles. The first-order valence-corrected chi connectivity index (χ1v) is 9.07. The van der Waals surface area contributed by atoms with Crippen LogP contribution in [0.25, 0.3) is 0 Å². The monoisotopic (exact) mass is 308 g/mol. The van der Waals surface area contributed by atoms with Crippen LogP contribution in [-0.2, 0) is 6.54 Å². The molecule has 118 valence electrons. The number of thioether (sulfide) groups is 1. The van der Waals surface area contributed by atoms with E-state index < -0.39 is 0 Å². The minimum Gasteiger partial charge on any atom is -0.496 e. The number of piperidine rings is 1. The Morgan fingerprint density at radius 1 is 1.33 bits per heavy atom. The zero-order valence-electron chi connectivity index (χ0n) is 13.5. The normalized spacial score (nSPS) is 17.1. The van der Waals surface area contributed by atoms with Crippen molar-refractivity contribution in [2.24, 2.45) is 5.92 Å². The van der Waals surface area contributed by atoms with Gasteiger partial charge in [0, 0.05) is 11.4 Å². The minimum absolute atomic E-state index is 0.905. The lowest BCUT2D eigenvalue weighted by Crippen LogP contribution is -2.34. The molecule has 0 aromatic heterocycles. The molecule has 1 aromatic carbocycles. The summed E-state index contributed by atoms with van der Waals surface area (Å²) in [6.45, 7) is 4.64. The quantitative estimate of drug-likeness (QED) is 0.782. The van der Waals surface area contributed by atoms with Crippen molar-refractivity contribution in [3.63, 3.8) is 0 Å². The van der Waals surface area contributed by atoms with Gasteiger partial charge < -0.3 is 10.1 Å². The second-order valence-corrected chi connectivity index (χ2v) is 6.65. The molecule has 1 fully saturated rings. The molecule has 0 atom stereocenters. The zero-order valence-corrected chi connectivity index (χ0v) is 14.3. The molecule has 1 heterocycles. The first-order chi connectivity index (χ1) is 10.3. The van der Waals surface area contributed by atoms with Crippen molar-refractivity contribution in [2.45, 2.75) is 30.7 Å². The zero-order chi connectivity index (χ0) is 15.1. The van der Waals surface area contributed by atoms with Crippen molar-refractivity contribution in [1.29, 1.82) is 0 Å². The first-order valence-electron chi connectivity index (χ1n) is 7.84. The van der Waals surface area contributed by atoms with Gasteiger partial charge in [0.05, 0.1) is 7.11 Å². The van der Waals surface area contributed by atoms with E-state index in [1.54, 1.807) is 18.9 Å². The molecule has 3 nitrogen and oxygen atoms in total. The van der Waals surface area contributed by atoms with Gasteiger partial charge in [-0.05, 0) is 75.8 Å². The molecule has 0 radical (unpaired) electrons. The average Bonchev–Trinajstić information content (AvgIpc) is 2.54. The Balaban J connectivity index is 1.86. The molecular weight excluding hydrogens is 280 g/mol. The van der Waals surface area contributed by atoms with Gasteiger partial charge in [-0.1, -0.05) is 6.07 Å². The molecule has 1 aliphatic rings. The molecule has 0 amide bonds. The van der Waals surface area contributed by atoms with Crippen LogP contribution in [0.2, 0.25) is 0 Å². The number of nitrogens with zero attached hydrogens (tertiary/aromatic N) is 1. The van der Waals surface area contributed by atoms with E-state index in [0.717, 1.165) is 24.8 Å². The Hall–Kier alpha value is -0.710. The largest absolute Gasteiger partial charge is 0.496 e. The molecular formula is C17H28N2OS. The summed E-state index contributed by atoms with van der Waals surface area (Å²) in [5.41, 5.74) is 1.36. The maximum atomic E-state index is 5.48. The van der Waals surface area contributed by atoms with Gasteiger partial charge in [0.15, 0.2) is 0 Å². The second kappa shape index (κ2) is 8.66. The number of methoxy groups -OCH3 is 1. The molecule has 1 aromatic rings. The van der Waals surface area contributed by atoms with E-state index in [-0.39, 0.29) is 0 Å². The van der Waals surface area contributed by atoms with Crippen LogP contribution in [0.4, 0.5) is 0 Å². The van der Waals surface area contributed by atoms with Gasteiger partial charge in [-0.3, -0.25) is 4.90 Å². The maximum absolute atomic E-state index is 5.48. The fraction of sp³-hybridized carbons (Fsp3) is 0.647. The summed E-state index contributed by atoms with van der Waals surface area (Å²) in [7, 11) is 3.80. The fourth-order valence-electron chi connectivity index (χ4n) is 3.02. The fourth-order valence-corrected chi connectivity index (χ4v) is 3.57. The molecule has 1 aliphatic heterocycles. The molecule has 0 unspecified atom stereocenters. The highest BCUT2D eigenvalue weighted by Gasteiger charge is 2.19. The Kier molecular flexibility index (Phi) is 6.87. The minimum atomic E-state index is 0.905. The molecule has 21 heavy (non-hydrogen) atoms. The summed E-state index contributed by atoms with van der Waals surface area (Å²) in [5.74, 6) is 1.91. The van der Waals surface area contributed by atoms with Crippen LogP contribution in [0.15, 0.2) is 23.1 Å².